The van der Waals surface area contributed by atoms with E-state index < -0.39 is 31.9 Å². The molecule has 1 rings (SSSR count). The first-order valence-corrected chi connectivity index (χ1v) is 6.66. The number of carboxylic acid groups (broad SMARTS) is 1. The van der Waals surface area contributed by atoms with E-state index >= 15 is 0 Å². The minimum Gasteiger partial charge on any atom is -0.477 e. The molecule has 0 saturated carbocycles. The van der Waals surface area contributed by atoms with Gasteiger partial charge >= 0.3 is 5.97 Å². The van der Waals surface area contributed by atoms with Crippen molar-refractivity contribution in [2.24, 2.45) is 0 Å². The molecule has 1 heterocycles. The van der Waals surface area contributed by atoms with Crippen LogP contribution >= 0.6 is 11.3 Å². The maximum Gasteiger partial charge on any atom is 0.348 e. The van der Waals surface area contributed by atoms with E-state index in [0.717, 1.165) is 16.8 Å². The molecule has 0 atom stereocenters. The lowest BCUT2D eigenvalue weighted by Crippen LogP contribution is -2.25. The van der Waals surface area contributed by atoms with Crippen LogP contribution < -0.4 is 0 Å². The minimum atomic E-state index is -4.01. The van der Waals surface area contributed by atoms with Crippen molar-refractivity contribution in [1.82, 2.24) is 4.98 Å². The third-order valence-corrected chi connectivity index (χ3v) is 4.60. The van der Waals surface area contributed by atoms with Gasteiger partial charge in [0.15, 0.2) is 0 Å². The summed E-state index contributed by atoms with van der Waals surface area (Å²) in [6.45, 7) is 2.69. The summed E-state index contributed by atoms with van der Waals surface area (Å²) in [6.07, 6.45) is 0. The number of sulfone groups is 1. The normalized spacial score (nSPS) is 11.7. The van der Waals surface area contributed by atoms with Crippen LogP contribution in [0.25, 0.3) is 0 Å². The molecule has 1 aromatic rings. The Morgan fingerprint density at radius 2 is 2.00 bits per heavy atom. The largest absolute Gasteiger partial charge is 0.477 e. The molecule has 0 aliphatic rings. The van der Waals surface area contributed by atoms with E-state index in [1.807, 2.05) is 0 Å². The average Bonchev–Trinajstić information content (AvgIpc) is 2.64. The third kappa shape index (κ3) is 2.12. The van der Waals surface area contributed by atoms with Crippen LogP contribution in [0.5, 0.6) is 0 Å². The predicted molar refractivity (Wildman–Crippen MR) is 57.5 cm³/mol. The monoisotopic (exact) mass is 263 g/mol. The van der Waals surface area contributed by atoms with Crippen molar-refractivity contribution >= 4 is 32.3 Å². The van der Waals surface area contributed by atoms with Crippen LogP contribution in [0.4, 0.5) is 0 Å². The lowest BCUT2D eigenvalue weighted by atomic mass is 10.4. The second-order valence-electron chi connectivity index (χ2n) is 3.22. The van der Waals surface area contributed by atoms with Crippen LogP contribution in [0.1, 0.15) is 34.0 Å². The van der Waals surface area contributed by atoms with Gasteiger partial charge in [0.25, 0.3) is 5.12 Å². The van der Waals surface area contributed by atoms with E-state index in [4.69, 9.17) is 5.11 Å². The van der Waals surface area contributed by atoms with Crippen molar-refractivity contribution in [3.63, 3.8) is 0 Å². The zero-order valence-corrected chi connectivity index (χ0v) is 10.1. The molecule has 6 nitrogen and oxygen atoms in total. The highest BCUT2D eigenvalue weighted by molar-refractivity contribution is 8.07. The Morgan fingerprint density at radius 3 is 2.44 bits per heavy atom. The van der Waals surface area contributed by atoms with Crippen LogP contribution in [0.3, 0.4) is 0 Å². The Kier molecular flexibility index (Phi) is 3.44. The molecule has 0 radical (unpaired) electrons. The average molecular weight is 263 g/mol. The van der Waals surface area contributed by atoms with E-state index in [1.54, 1.807) is 0 Å². The minimum absolute atomic E-state index is 0.353. The molecule has 8 heteroatoms. The molecule has 0 unspecified atom stereocenters. The molecule has 0 aliphatic carbocycles. The SMILES string of the molecule is CC(C)S(=O)(=O)C(=O)c1ncsc1C(=O)O. The van der Waals surface area contributed by atoms with E-state index in [2.05, 4.69) is 4.98 Å². The molecule has 0 amide bonds. The second kappa shape index (κ2) is 4.30. The zero-order chi connectivity index (χ0) is 12.5. The number of hydrogen-bond donors (Lipinski definition) is 1. The molecule has 0 aliphatic heterocycles. The van der Waals surface area contributed by atoms with Crippen molar-refractivity contribution < 1.29 is 23.1 Å². The fourth-order valence-electron chi connectivity index (χ4n) is 0.892. The van der Waals surface area contributed by atoms with Crippen LogP contribution in [-0.4, -0.2) is 34.8 Å². The van der Waals surface area contributed by atoms with Crippen molar-refractivity contribution in [3.8, 4) is 0 Å². The summed E-state index contributed by atoms with van der Waals surface area (Å²) in [7, 11) is -4.01. The highest BCUT2D eigenvalue weighted by atomic mass is 32.2. The molecule has 0 saturated heterocycles. The summed E-state index contributed by atoms with van der Waals surface area (Å²) in [5.41, 5.74) is 0.623. The Morgan fingerprint density at radius 1 is 1.44 bits per heavy atom. The smallest absolute Gasteiger partial charge is 0.348 e. The van der Waals surface area contributed by atoms with Gasteiger partial charge in [0, 0.05) is 0 Å². The van der Waals surface area contributed by atoms with Crippen molar-refractivity contribution in [3.05, 3.63) is 16.1 Å². The third-order valence-electron chi connectivity index (χ3n) is 1.83. The van der Waals surface area contributed by atoms with Gasteiger partial charge in [-0.05, 0) is 13.8 Å². The number of rotatable bonds is 3. The zero-order valence-electron chi connectivity index (χ0n) is 8.50. The lowest BCUT2D eigenvalue weighted by Gasteiger charge is -2.04. The number of carbonyl (C=O) groups is 2. The van der Waals surface area contributed by atoms with Gasteiger partial charge in [0.05, 0.1) is 10.8 Å². The fourth-order valence-corrected chi connectivity index (χ4v) is 2.43. The highest BCUT2D eigenvalue weighted by Gasteiger charge is 2.32. The van der Waals surface area contributed by atoms with Gasteiger partial charge in [-0.2, -0.15) is 0 Å². The Labute approximate surface area is 95.9 Å². The quantitative estimate of drug-likeness (QED) is 0.865. The van der Waals surface area contributed by atoms with E-state index in [0.29, 0.717) is 0 Å². The standard InChI is InChI=1S/C8H9NO5S2/c1-4(2)16(13,14)8(12)5-6(7(10)11)15-3-9-5/h3-4H,1-2H3,(H,10,11). The van der Waals surface area contributed by atoms with Crippen LogP contribution in [0, 0.1) is 0 Å². The molecule has 16 heavy (non-hydrogen) atoms. The van der Waals surface area contributed by atoms with Gasteiger partial charge in [0.2, 0.25) is 9.84 Å². The van der Waals surface area contributed by atoms with Gasteiger partial charge in [-0.3, -0.25) is 4.79 Å². The van der Waals surface area contributed by atoms with Gasteiger partial charge in [-0.15, -0.1) is 11.3 Å². The highest BCUT2D eigenvalue weighted by Crippen LogP contribution is 2.18. The van der Waals surface area contributed by atoms with Crippen LogP contribution in [0.15, 0.2) is 5.51 Å². The predicted octanol–water partition coefficient (Wildman–Crippen LogP) is 0.805. The summed E-state index contributed by atoms with van der Waals surface area (Å²) < 4.78 is 23.1. The Bertz CT molecular complexity index is 528. The first-order chi connectivity index (χ1) is 7.28. The summed E-state index contributed by atoms with van der Waals surface area (Å²) in [5.74, 6) is -1.36. The lowest BCUT2D eigenvalue weighted by molar-refractivity contribution is 0.0698. The van der Waals surface area contributed by atoms with Crippen LogP contribution in [-0.2, 0) is 9.84 Å². The van der Waals surface area contributed by atoms with Crippen LogP contribution in [0.2, 0.25) is 0 Å². The number of carboxylic acids is 1. The Hall–Kier alpha value is -1.28. The van der Waals surface area contributed by atoms with Gasteiger partial charge in [0.1, 0.15) is 10.6 Å². The van der Waals surface area contributed by atoms with Crippen molar-refractivity contribution in [1.29, 1.82) is 0 Å². The molecule has 0 aromatic carbocycles. The van der Waals surface area contributed by atoms with Gasteiger partial charge in [-0.1, -0.05) is 0 Å². The molecule has 88 valence electrons. The molecule has 0 fully saturated rings. The number of hydrogen-bond acceptors (Lipinski definition) is 6. The topological polar surface area (TPSA) is 101 Å². The van der Waals surface area contributed by atoms with E-state index in [9.17, 15) is 18.0 Å². The molecule has 1 N–H and O–H groups in total. The number of carbonyl (C=O) groups excluding carboxylic acids is 1. The molecule has 0 bridgehead atoms. The van der Waals surface area contributed by atoms with Gasteiger partial charge < -0.3 is 5.11 Å². The number of thiazole rings is 1. The maximum atomic E-state index is 11.6. The van der Waals surface area contributed by atoms with E-state index in [1.165, 1.54) is 13.8 Å². The Balaban J connectivity index is 3.27. The summed E-state index contributed by atoms with van der Waals surface area (Å²) in [6, 6.07) is 0. The number of aromatic nitrogens is 1. The molecule has 1 aromatic heterocycles. The fraction of sp³-hybridized carbons (Fsp3) is 0.375. The summed E-state index contributed by atoms with van der Waals surface area (Å²) in [4.78, 5) is 25.4. The molecular formula is C8H9NO5S2. The first kappa shape index (κ1) is 12.8. The first-order valence-electron chi connectivity index (χ1n) is 4.23. The molecule has 0 spiro atoms. The molecular weight excluding hydrogens is 254 g/mol. The van der Waals surface area contributed by atoms with Gasteiger partial charge in [-0.25, -0.2) is 18.2 Å². The van der Waals surface area contributed by atoms with E-state index in [-0.39, 0.29) is 4.88 Å². The van der Waals surface area contributed by atoms with Crippen molar-refractivity contribution in [2.45, 2.75) is 19.1 Å². The summed E-state index contributed by atoms with van der Waals surface area (Å²) in [5, 5.41) is 6.60. The van der Waals surface area contributed by atoms with Crippen molar-refractivity contribution in [2.75, 3.05) is 0 Å². The number of aromatic carboxylic acids is 1. The maximum absolute atomic E-state index is 11.6. The summed E-state index contributed by atoms with van der Waals surface area (Å²) >= 11 is 0.718. The number of nitrogens with zero attached hydrogens (tertiary/aromatic N) is 1. The second-order valence-corrected chi connectivity index (χ2v) is 6.47.